The number of ketones is 1. The fraction of sp³-hybridized carbons (Fsp3) is 0.385. The normalized spacial score (nSPS) is 22.5. The Morgan fingerprint density at radius 2 is 1.97 bits per heavy atom. The largest absolute Gasteiger partial charge is 0.507 e. The van der Waals surface area contributed by atoms with Crippen LogP contribution in [0.25, 0.3) is 5.76 Å². The van der Waals surface area contributed by atoms with Crippen molar-refractivity contribution in [2.75, 3.05) is 19.8 Å². The van der Waals surface area contributed by atoms with Crippen LogP contribution in [0, 0.1) is 6.92 Å². The van der Waals surface area contributed by atoms with E-state index in [-0.39, 0.29) is 17.4 Å². The second-order valence-corrected chi connectivity index (χ2v) is 8.33. The molecular weight excluding hydrogens is 406 g/mol. The summed E-state index contributed by atoms with van der Waals surface area (Å²) in [4.78, 5) is 27.7. The van der Waals surface area contributed by atoms with E-state index in [1.165, 1.54) is 0 Å². The SMILES string of the molecule is CCCOc1ccc(/C(O)=C2/C(=O)C(=O)N(CC3CCCO3)C2c2ccccc2)cc1C. The number of nitrogens with zero attached hydrogens (tertiary/aromatic N) is 1. The molecule has 0 aromatic heterocycles. The molecule has 0 bridgehead atoms. The predicted octanol–water partition coefficient (Wildman–Crippen LogP) is 4.38. The quantitative estimate of drug-likeness (QED) is 0.397. The Bertz CT molecular complexity index is 1020. The first-order chi connectivity index (χ1) is 15.5. The Kier molecular flexibility index (Phi) is 6.61. The van der Waals surface area contributed by atoms with Gasteiger partial charge in [0.2, 0.25) is 0 Å². The number of hydrogen-bond donors (Lipinski definition) is 1. The molecule has 2 saturated heterocycles. The third-order valence-corrected chi connectivity index (χ3v) is 5.99. The molecule has 4 rings (SSSR count). The zero-order chi connectivity index (χ0) is 22.7. The average molecular weight is 436 g/mol. The topological polar surface area (TPSA) is 76.1 Å². The molecule has 32 heavy (non-hydrogen) atoms. The maximum absolute atomic E-state index is 13.1. The van der Waals surface area contributed by atoms with Crippen LogP contribution in [0.15, 0.2) is 54.1 Å². The summed E-state index contributed by atoms with van der Waals surface area (Å²) in [6.45, 7) is 5.52. The Morgan fingerprint density at radius 1 is 1.19 bits per heavy atom. The van der Waals surface area contributed by atoms with Crippen molar-refractivity contribution in [1.29, 1.82) is 0 Å². The van der Waals surface area contributed by atoms with Gasteiger partial charge in [0, 0.05) is 18.7 Å². The number of likely N-dealkylation sites (tertiary alicyclic amines) is 1. The Balaban J connectivity index is 1.76. The first-order valence-electron chi connectivity index (χ1n) is 11.2. The van der Waals surface area contributed by atoms with Crippen LogP contribution in [0.3, 0.4) is 0 Å². The Hall–Kier alpha value is -3.12. The molecule has 6 heteroatoms. The lowest BCUT2D eigenvalue weighted by Crippen LogP contribution is -2.36. The van der Waals surface area contributed by atoms with E-state index in [0.717, 1.165) is 36.1 Å². The number of aryl methyl sites for hydroxylation is 1. The highest BCUT2D eigenvalue weighted by atomic mass is 16.5. The van der Waals surface area contributed by atoms with Crippen molar-refractivity contribution in [3.63, 3.8) is 0 Å². The molecule has 2 aliphatic rings. The number of hydrogen-bond acceptors (Lipinski definition) is 5. The van der Waals surface area contributed by atoms with Gasteiger partial charge in [-0.2, -0.15) is 0 Å². The van der Waals surface area contributed by atoms with Crippen LogP contribution in [0.5, 0.6) is 5.75 Å². The summed E-state index contributed by atoms with van der Waals surface area (Å²) < 4.78 is 11.5. The van der Waals surface area contributed by atoms with Gasteiger partial charge in [-0.1, -0.05) is 37.3 Å². The lowest BCUT2D eigenvalue weighted by Gasteiger charge is -2.27. The van der Waals surface area contributed by atoms with Crippen molar-refractivity contribution in [1.82, 2.24) is 4.90 Å². The molecule has 168 valence electrons. The highest BCUT2D eigenvalue weighted by Crippen LogP contribution is 2.40. The predicted molar refractivity (Wildman–Crippen MR) is 121 cm³/mol. The van der Waals surface area contributed by atoms with Crippen LogP contribution in [0.1, 0.15) is 48.9 Å². The van der Waals surface area contributed by atoms with Crippen LogP contribution >= 0.6 is 0 Å². The van der Waals surface area contributed by atoms with E-state index in [1.807, 2.05) is 44.2 Å². The zero-order valence-corrected chi connectivity index (χ0v) is 18.5. The second kappa shape index (κ2) is 9.57. The number of aliphatic hydroxyl groups excluding tert-OH is 1. The van der Waals surface area contributed by atoms with Gasteiger partial charge in [0.1, 0.15) is 11.5 Å². The monoisotopic (exact) mass is 435 g/mol. The molecule has 2 aromatic carbocycles. The first-order valence-corrected chi connectivity index (χ1v) is 11.2. The zero-order valence-electron chi connectivity index (χ0n) is 18.5. The number of ether oxygens (including phenoxy) is 2. The molecule has 2 heterocycles. The molecule has 2 aliphatic heterocycles. The lowest BCUT2D eigenvalue weighted by atomic mass is 9.94. The fourth-order valence-electron chi connectivity index (χ4n) is 4.38. The van der Waals surface area contributed by atoms with Crippen molar-refractivity contribution in [3.8, 4) is 5.75 Å². The van der Waals surface area contributed by atoms with Crippen molar-refractivity contribution < 1.29 is 24.2 Å². The lowest BCUT2D eigenvalue weighted by molar-refractivity contribution is -0.140. The molecule has 0 spiro atoms. The molecule has 0 saturated carbocycles. The van der Waals surface area contributed by atoms with Gasteiger partial charge in [-0.25, -0.2) is 0 Å². The second-order valence-electron chi connectivity index (χ2n) is 8.33. The van der Waals surface area contributed by atoms with Crippen LogP contribution in [-0.2, 0) is 14.3 Å². The number of benzene rings is 2. The summed E-state index contributed by atoms with van der Waals surface area (Å²) in [5, 5.41) is 11.2. The van der Waals surface area contributed by atoms with Crippen molar-refractivity contribution in [2.24, 2.45) is 0 Å². The maximum atomic E-state index is 13.1. The number of rotatable bonds is 7. The van der Waals surface area contributed by atoms with Crippen LogP contribution in [0.2, 0.25) is 0 Å². The fourth-order valence-corrected chi connectivity index (χ4v) is 4.38. The molecule has 2 aromatic rings. The molecule has 0 radical (unpaired) electrons. The van der Waals surface area contributed by atoms with E-state index in [4.69, 9.17) is 9.47 Å². The van der Waals surface area contributed by atoms with Crippen LogP contribution < -0.4 is 4.74 Å². The summed E-state index contributed by atoms with van der Waals surface area (Å²) in [5.41, 5.74) is 2.24. The van der Waals surface area contributed by atoms with Gasteiger partial charge in [0.05, 0.1) is 24.3 Å². The third kappa shape index (κ3) is 4.28. The van der Waals surface area contributed by atoms with Gasteiger partial charge in [0.25, 0.3) is 11.7 Å². The van der Waals surface area contributed by atoms with Gasteiger partial charge < -0.3 is 19.5 Å². The number of Topliss-reactive ketones (excluding diaryl/α,β-unsaturated/α-hetero) is 1. The van der Waals surface area contributed by atoms with Gasteiger partial charge in [-0.3, -0.25) is 9.59 Å². The number of carbonyl (C=O) groups excluding carboxylic acids is 2. The van der Waals surface area contributed by atoms with E-state index in [0.29, 0.717) is 25.3 Å². The Morgan fingerprint density at radius 3 is 2.62 bits per heavy atom. The minimum Gasteiger partial charge on any atom is -0.507 e. The number of amides is 1. The van der Waals surface area contributed by atoms with Crippen LogP contribution in [0.4, 0.5) is 0 Å². The van der Waals surface area contributed by atoms with Gasteiger partial charge >= 0.3 is 0 Å². The third-order valence-electron chi connectivity index (χ3n) is 5.99. The van der Waals surface area contributed by atoms with Crippen molar-refractivity contribution in [2.45, 2.75) is 45.3 Å². The highest BCUT2D eigenvalue weighted by molar-refractivity contribution is 6.46. The summed E-state index contributed by atoms with van der Waals surface area (Å²) in [6, 6.07) is 14.0. The standard InChI is InChI=1S/C26H29NO5/c1-3-13-32-21-12-11-19(15-17(21)2)24(28)22-23(18-8-5-4-6-9-18)27(26(30)25(22)29)16-20-10-7-14-31-20/h4-6,8-9,11-12,15,20,23,28H,3,7,10,13-14,16H2,1-2H3/b24-22-. The van der Waals surface area contributed by atoms with Gasteiger partial charge in [-0.15, -0.1) is 0 Å². The summed E-state index contributed by atoms with van der Waals surface area (Å²) in [6.07, 6.45) is 2.59. The molecule has 1 N–H and O–H groups in total. The molecule has 2 unspecified atom stereocenters. The summed E-state index contributed by atoms with van der Waals surface area (Å²) in [7, 11) is 0. The highest BCUT2D eigenvalue weighted by Gasteiger charge is 2.47. The van der Waals surface area contributed by atoms with E-state index < -0.39 is 17.7 Å². The number of carbonyl (C=O) groups is 2. The van der Waals surface area contributed by atoms with E-state index in [2.05, 4.69) is 0 Å². The average Bonchev–Trinajstić information content (AvgIpc) is 3.41. The smallest absolute Gasteiger partial charge is 0.295 e. The number of aliphatic hydroxyl groups is 1. The van der Waals surface area contributed by atoms with E-state index >= 15 is 0 Å². The summed E-state index contributed by atoms with van der Waals surface area (Å²) >= 11 is 0. The molecule has 0 aliphatic carbocycles. The van der Waals surface area contributed by atoms with Crippen LogP contribution in [-0.4, -0.2) is 47.6 Å². The molecule has 2 atom stereocenters. The van der Waals surface area contributed by atoms with Gasteiger partial charge in [0.15, 0.2) is 0 Å². The maximum Gasteiger partial charge on any atom is 0.295 e. The van der Waals surface area contributed by atoms with E-state index in [1.54, 1.807) is 23.1 Å². The molecule has 1 amide bonds. The summed E-state index contributed by atoms with van der Waals surface area (Å²) in [5.74, 6) is -0.701. The minimum atomic E-state index is -0.668. The van der Waals surface area contributed by atoms with E-state index in [9.17, 15) is 14.7 Å². The molecular formula is C26H29NO5. The Labute approximate surface area is 188 Å². The first kappa shape index (κ1) is 22.1. The van der Waals surface area contributed by atoms with Crippen molar-refractivity contribution >= 4 is 17.4 Å². The minimum absolute atomic E-state index is 0.100. The van der Waals surface area contributed by atoms with Crippen molar-refractivity contribution in [3.05, 3.63) is 70.8 Å². The van der Waals surface area contributed by atoms with Gasteiger partial charge in [-0.05, 0) is 55.5 Å². The molecule has 6 nitrogen and oxygen atoms in total. The molecule has 2 fully saturated rings.